The maximum atomic E-state index is 12.9. The van der Waals surface area contributed by atoms with E-state index in [1.54, 1.807) is 6.07 Å². The highest BCUT2D eigenvalue weighted by molar-refractivity contribution is 6.62. The van der Waals surface area contributed by atoms with Gasteiger partial charge in [0.1, 0.15) is 0 Å². The first kappa shape index (κ1) is 24.2. The van der Waals surface area contributed by atoms with E-state index < -0.39 is 18.3 Å². The van der Waals surface area contributed by atoms with Crippen molar-refractivity contribution >= 4 is 24.2 Å². The zero-order valence-corrected chi connectivity index (χ0v) is 20.5. The molecule has 4 rings (SSSR count). The van der Waals surface area contributed by atoms with Crippen LogP contribution in [0.2, 0.25) is 0 Å². The third-order valence-corrected chi connectivity index (χ3v) is 6.66. The molecular formula is C28H32BNO4. The van der Waals surface area contributed by atoms with Crippen molar-refractivity contribution in [2.75, 3.05) is 5.32 Å². The molecule has 0 saturated carbocycles. The molecule has 3 aromatic carbocycles. The van der Waals surface area contributed by atoms with E-state index in [4.69, 9.17) is 14.0 Å². The minimum Gasteiger partial charge on any atom is -0.399 e. The van der Waals surface area contributed by atoms with Gasteiger partial charge >= 0.3 is 7.12 Å². The lowest BCUT2D eigenvalue weighted by Gasteiger charge is -2.32. The predicted molar refractivity (Wildman–Crippen MR) is 136 cm³/mol. The van der Waals surface area contributed by atoms with Gasteiger partial charge in [0, 0.05) is 11.3 Å². The second kappa shape index (κ2) is 9.75. The molecule has 176 valence electrons. The van der Waals surface area contributed by atoms with Gasteiger partial charge in [0.25, 0.3) is 5.91 Å². The van der Waals surface area contributed by atoms with Crippen molar-refractivity contribution in [3.05, 3.63) is 95.6 Å². The Labute approximate surface area is 202 Å². The van der Waals surface area contributed by atoms with Crippen molar-refractivity contribution in [1.82, 2.24) is 0 Å². The molecule has 34 heavy (non-hydrogen) atoms. The average molecular weight is 457 g/mol. The molecule has 1 saturated heterocycles. The van der Waals surface area contributed by atoms with Gasteiger partial charge in [-0.05, 0) is 75.5 Å². The predicted octanol–water partition coefficient (Wildman–Crippen LogP) is 5.52. The third-order valence-electron chi connectivity index (χ3n) is 6.66. The fourth-order valence-electron chi connectivity index (χ4n) is 3.73. The number of nitrogens with one attached hydrogen (secondary N) is 1. The van der Waals surface area contributed by atoms with Crippen molar-refractivity contribution < 1.29 is 18.8 Å². The topological polar surface area (TPSA) is 56.8 Å². The van der Waals surface area contributed by atoms with Crippen LogP contribution in [-0.2, 0) is 20.7 Å². The number of ether oxygens (including phenoxy) is 1. The fourth-order valence-corrected chi connectivity index (χ4v) is 3.73. The van der Waals surface area contributed by atoms with Crippen LogP contribution in [-0.4, -0.2) is 24.2 Å². The fraction of sp³-hybridized carbons (Fsp3) is 0.321. The summed E-state index contributed by atoms with van der Waals surface area (Å²) >= 11 is 0. The zero-order chi connectivity index (χ0) is 24.3. The highest BCUT2D eigenvalue weighted by atomic mass is 16.7. The number of hydrogen-bond acceptors (Lipinski definition) is 4. The zero-order valence-electron chi connectivity index (χ0n) is 20.5. The normalized spacial score (nSPS) is 17.4. The highest BCUT2D eigenvalue weighted by Gasteiger charge is 2.51. The van der Waals surface area contributed by atoms with Crippen LogP contribution in [0.25, 0.3) is 0 Å². The molecule has 0 aromatic heterocycles. The quantitative estimate of drug-likeness (QED) is 0.475. The van der Waals surface area contributed by atoms with Gasteiger partial charge in [-0.1, -0.05) is 54.6 Å². The average Bonchev–Trinajstić information content (AvgIpc) is 3.05. The standard InChI is InChI=1S/C28H32BNO4/c1-20(22-10-7-6-8-11-22)32-19-21-14-16-25(17-15-21)30-26(31)23-12-9-13-24(18-23)29-33-27(2,3)28(4,5)34-29/h6-18,20H,19H2,1-5H3,(H,30,31). The molecule has 0 radical (unpaired) electrons. The molecule has 1 heterocycles. The van der Waals surface area contributed by atoms with Crippen LogP contribution in [0.15, 0.2) is 78.9 Å². The monoisotopic (exact) mass is 457 g/mol. The molecule has 5 nitrogen and oxygen atoms in total. The molecular weight excluding hydrogens is 425 g/mol. The highest BCUT2D eigenvalue weighted by Crippen LogP contribution is 2.36. The number of carbonyl (C=O) groups is 1. The lowest BCUT2D eigenvalue weighted by molar-refractivity contribution is 0.00578. The molecule has 1 atom stereocenters. The van der Waals surface area contributed by atoms with Gasteiger partial charge in [-0.15, -0.1) is 0 Å². The number of hydrogen-bond donors (Lipinski definition) is 1. The van der Waals surface area contributed by atoms with Crippen molar-refractivity contribution in [2.24, 2.45) is 0 Å². The molecule has 1 N–H and O–H groups in total. The van der Waals surface area contributed by atoms with Crippen LogP contribution in [0.1, 0.15) is 62.2 Å². The van der Waals surface area contributed by atoms with Crippen LogP contribution in [0, 0.1) is 0 Å². The molecule has 6 heteroatoms. The summed E-state index contributed by atoms with van der Waals surface area (Å²) in [6.07, 6.45) is 0.0110. The molecule has 0 bridgehead atoms. The van der Waals surface area contributed by atoms with E-state index in [1.807, 2.05) is 95.3 Å². The van der Waals surface area contributed by atoms with E-state index in [0.29, 0.717) is 12.2 Å². The van der Waals surface area contributed by atoms with E-state index >= 15 is 0 Å². The first-order chi connectivity index (χ1) is 16.1. The maximum Gasteiger partial charge on any atom is 0.494 e. The largest absolute Gasteiger partial charge is 0.494 e. The number of carbonyl (C=O) groups excluding carboxylic acids is 1. The molecule has 1 amide bonds. The van der Waals surface area contributed by atoms with E-state index in [0.717, 1.165) is 22.3 Å². The molecule has 0 spiro atoms. The van der Waals surface area contributed by atoms with Crippen LogP contribution in [0.4, 0.5) is 5.69 Å². The van der Waals surface area contributed by atoms with Gasteiger partial charge in [0.05, 0.1) is 23.9 Å². The molecule has 1 aliphatic rings. The third kappa shape index (κ3) is 5.41. The lowest BCUT2D eigenvalue weighted by atomic mass is 9.78. The van der Waals surface area contributed by atoms with Gasteiger partial charge in [-0.25, -0.2) is 0 Å². The Morgan fingerprint density at radius 1 is 0.912 bits per heavy atom. The Hall–Kier alpha value is -2.93. The van der Waals surface area contributed by atoms with Crippen molar-refractivity contribution in [2.45, 2.75) is 58.5 Å². The molecule has 3 aromatic rings. The van der Waals surface area contributed by atoms with Crippen molar-refractivity contribution in [3.8, 4) is 0 Å². The summed E-state index contributed by atoms with van der Waals surface area (Å²) in [6, 6.07) is 25.2. The number of rotatable bonds is 7. The smallest absolute Gasteiger partial charge is 0.399 e. The second-order valence-electron chi connectivity index (χ2n) is 9.73. The maximum absolute atomic E-state index is 12.9. The number of amides is 1. The second-order valence-corrected chi connectivity index (χ2v) is 9.73. The first-order valence-electron chi connectivity index (χ1n) is 11.7. The van der Waals surface area contributed by atoms with Crippen molar-refractivity contribution in [3.63, 3.8) is 0 Å². The summed E-state index contributed by atoms with van der Waals surface area (Å²) in [5.41, 5.74) is 3.44. The Bertz CT molecular complexity index is 1110. The Balaban J connectivity index is 1.35. The van der Waals surface area contributed by atoms with Gasteiger partial charge in [-0.2, -0.15) is 0 Å². The summed E-state index contributed by atoms with van der Waals surface area (Å²) in [5.74, 6) is -0.180. The van der Waals surface area contributed by atoms with Crippen LogP contribution in [0.3, 0.4) is 0 Å². The van der Waals surface area contributed by atoms with E-state index in [9.17, 15) is 4.79 Å². The van der Waals surface area contributed by atoms with Crippen LogP contribution >= 0.6 is 0 Å². The summed E-state index contributed by atoms with van der Waals surface area (Å²) in [7, 11) is -0.504. The Kier molecular flexibility index (Phi) is 6.94. The number of benzene rings is 3. The van der Waals surface area contributed by atoms with Gasteiger partial charge < -0.3 is 19.4 Å². The minimum absolute atomic E-state index is 0.0110. The van der Waals surface area contributed by atoms with E-state index in [-0.39, 0.29) is 12.0 Å². The van der Waals surface area contributed by atoms with Gasteiger partial charge in [-0.3, -0.25) is 4.79 Å². The van der Waals surface area contributed by atoms with E-state index in [1.165, 1.54) is 0 Å². The SMILES string of the molecule is CC(OCc1ccc(NC(=O)c2cccc(B3OC(C)(C)C(C)(C)O3)c2)cc1)c1ccccc1. The summed E-state index contributed by atoms with van der Waals surface area (Å²) in [5, 5.41) is 2.97. The first-order valence-corrected chi connectivity index (χ1v) is 11.7. The molecule has 1 aliphatic heterocycles. The van der Waals surface area contributed by atoms with Gasteiger partial charge in [0.15, 0.2) is 0 Å². The Morgan fingerprint density at radius 2 is 1.56 bits per heavy atom. The summed E-state index contributed by atoms with van der Waals surface area (Å²) in [6.45, 7) is 10.6. The molecule has 1 unspecified atom stereocenters. The lowest BCUT2D eigenvalue weighted by Crippen LogP contribution is -2.41. The Morgan fingerprint density at radius 3 is 2.21 bits per heavy atom. The van der Waals surface area contributed by atoms with E-state index in [2.05, 4.69) is 17.4 Å². The summed E-state index contributed by atoms with van der Waals surface area (Å²) < 4.78 is 18.2. The van der Waals surface area contributed by atoms with Gasteiger partial charge in [0.2, 0.25) is 0 Å². The van der Waals surface area contributed by atoms with Crippen LogP contribution in [0.5, 0.6) is 0 Å². The minimum atomic E-state index is -0.504. The number of anilines is 1. The van der Waals surface area contributed by atoms with Crippen molar-refractivity contribution in [1.29, 1.82) is 0 Å². The van der Waals surface area contributed by atoms with Crippen LogP contribution < -0.4 is 10.8 Å². The molecule has 1 fully saturated rings. The molecule has 0 aliphatic carbocycles. The summed E-state index contributed by atoms with van der Waals surface area (Å²) in [4.78, 5) is 12.9.